The van der Waals surface area contributed by atoms with Gasteiger partial charge in [0.05, 0.1) is 0 Å². The summed E-state index contributed by atoms with van der Waals surface area (Å²) in [6.07, 6.45) is -0.724. The fourth-order valence-electron chi connectivity index (χ4n) is 4.25. The molecule has 1 amide bonds. The Labute approximate surface area is 196 Å². The summed E-state index contributed by atoms with van der Waals surface area (Å²) < 4.78 is 5.66. The minimum absolute atomic E-state index is 0.0962. The van der Waals surface area contributed by atoms with Gasteiger partial charge in [0.15, 0.2) is 6.04 Å². The Kier molecular flexibility index (Phi) is 6.40. The van der Waals surface area contributed by atoms with Crippen LogP contribution in [-0.4, -0.2) is 35.2 Å². The molecule has 1 unspecified atom stereocenters. The van der Waals surface area contributed by atoms with Crippen molar-refractivity contribution < 1.29 is 19.4 Å². The lowest BCUT2D eigenvalue weighted by Gasteiger charge is -2.28. The van der Waals surface area contributed by atoms with Crippen molar-refractivity contribution in [2.24, 2.45) is 0 Å². The van der Waals surface area contributed by atoms with Gasteiger partial charge in [0.25, 0.3) is 0 Å². The maximum absolute atomic E-state index is 13.0. The number of amides is 1. The molecular weight excluding hydrogens is 449 g/mol. The van der Waals surface area contributed by atoms with E-state index in [9.17, 15) is 14.7 Å². The highest BCUT2D eigenvalue weighted by atomic mass is 35.5. The van der Waals surface area contributed by atoms with Crippen molar-refractivity contribution in [3.63, 3.8) is 0 Å². The van der Waals surface area contributed by atoms with Gasteiger partial charge in [-0.25, -0.2) is 9.59 Å². The third-order valence-corrected chi connectivity index (χ3v) is 6.29. The Morgan fingerprint density at radius 1 is 1.00 bits per heavy atom. The van der Waals surface area contributed by atoms with Crippen molar-refractivity contribution in [2.75, 3.05) is 13.2 Å². The molecule has 1 atom stereocenters. The van der Waals surface area contributed by atoms with Crippen LogP contribution in [0, 0.1) is 0 Å². The van der Waals surface area contributed by atoms with E-state index in [2.05, 4.69) is 12.1 Å². The molecule has 0 saturated heterocycles. The lowest BCUT2D eigenvalue weighted by Crippen LogP contribution is -2.39. The molecular formula is C25H21Cl2NO4. The number of carboxylic acid groups (broad SMARTS) is 1. The van der Waals surface area contributed by atoms with E-state index in [1.807, 2.05) is 36.4 Å². The van der Waals surface area contributed by atoms with Gasteiger partial charge in [-0.3, -0.25) is 4.90 Å². The lowest BCUT2D eigenvalue weighted by molar-refractivity contribution is -0.143. The summed E-state index contributed by atoms with van der Waals surface area (Å²) in [5, 5.41) is 10.4. The molecule has 0 radical (unpaired) electrons. The highest BCUT2D eigenvalue weighted by Crippen LogP contribution is 2.44. The molecule has 4 rings (SSSR count). The van der Waals surface area contributed by atoms with Gasteiger partial charge in [-0.05, 0) is 47.4 Å². The number of benzene rings is 3. The number of halogens is 2. The summed E-state index contributed by atoms with van der Waals surface area (Å²) in [6.45, 7) is 1.91. The van der Waals surface area contributed by atoms with Gasteiger partial charge in [0.1, 0.15) is 6.61 Å². The fraction of sp³-hybridized carbons (Fsp3) is 0.200. The Morgan fingerprint density at radius 3 is 2.16 bits per heavy atom. The third-order valence-electron chi connectivity index (χ3n) is 5.71. The molecule has 0 fully saturated rings. The maximum atomic E-state index is 13.0. The van der Waals surface area contributed by atoms with E-state index >= 15 is 0 Å². The van der Waals surface area contributed by atoms with Crippen LogP contribution in [0.2, 0.25) is 10.0 Å². The number of carbonyl (C=O) groups excluding carboxylic acids is 1. The van der Waals surface area contributed by atoms with Gasteiger partial charge in [0.2, 0.25) is 0 Å². The predicted octanol–water partition coefficient (Wildman–Crippen LogP) is 6.39. The second-order valence-electron chi connectivity index (χ2n) is 7.50. The second-order valence-corrected chi connectivity index (χ2v) is 8.34. The number of hydrogen-bond acceptors (Lipinski definition) is 3. The molecule has 0 aliphatic heterocycles. The van der Waals surface area contributed by atoms with Gasteiger partial charge >= 0.3 is 12.1 Å². The number of hydrogen-bond donors (Lipinski definition) is 1. The zero-order valence-electron chi connectivity index (χ0n) is 17.3. The first-order valence-corrected chi connectivity index (χ1v) is 11.0. The molecule has 32 heavy (non-hydrogen) atoms. The number of aliphatic carboxylic acids is 1. The molecule has 164 valence electrons. The van der Waals surface area contributed by atoms with E-state index in [-0.39, 0.29) is 29.7 Å². The summed E-state index contributed by atoms with van der Waals surface area (Å²) in [5.41, 5.74) is 4.63. The number of likely N-dealkylation sites (N-methyl/N-ethyl adjacent to an activating group) is 1. The van der Waals surface area contributed by atoms with Gasteiger partial charge in [-0.15, -0.1) is 0 Å². The standard InChI is InChI=1S/C25H21Cl2NO4/c1-2-28(23(24(29)30)20-13-15(26)11-12-22(20)27)25(31)32-14-21-18-9-5-3-7-16(18)17-8-4-6-10-19(17)21/h3-13,21,23H,2,14H2,1H3,(H,29,30). The zero-order valence-corrected chi connectivity index (χ0v) is 18.8. The molecule has 3 aromatic carbocycles. The van der Waals surface area contributed by atoms with Crippen LogP contribution < -0.4 is 0 Å². The summed E-state index contributed by atoms with van der Waals surface area (Å²) in [7, 11) is 0. The molecule has 0 spiro atoms. The molecule has 0 heterocycles. The number of carbonyl (C=O) groups is 2. The average molecular weight is 470 g/mol. The smallest absolute Gasteiger partial charge is 0.410 e. The number of fused-ring (bicyclic) bond motifs is 3. The minimum atomic E-state index is -1.32. The molecule has 7 heteroatoms. The first-order chi connectivity index (χ1) is 15.4. The van der Waals surface area contributed by atoms with Crippen LogP contribution in [0.15, 0.2) is 66.7 Å². The van der Waals surface area contributed by atoms with Crippen molar-refractivity contribution in [3.8, 4) is 11.1 Å². The highest BCUT2D eigenvalue weighted by molar-refractivity contribution is 6.33. The molecule has 3 aromatic rings. The quantitative estimate of drug-likeness (QED) is 0.453. The topological polar surface area (TPSA) is 66.8 Å². The number of nitrogens with zero attached hydrogens (tertiary/aromatic N) is 1. The van der Waals surface area contributed by atoms with Crippen molar-refractivity contribution in [3.05, 3.63) is 93.5 Å². The maximum Gasteiger partial charge on any atom is 0.410 e. The molecule has 1 aliphatic rings. The molecule has 1 aliphatic carbocycles. The number of ether oxygens (including phenoxy) is 1. The second kappa shape index (κ2) is 9.23. The SMILES string of the molecule is CCN(C(=O)OCC1c2ccccc2-c2ccccc21)C(C(=O)O)c1cc(Cl)ccc1Cl. The molecule has 1 N–H and O–H groups in total. The van der Waals surface area contributed by atoms with E-state index in [4.69, 9.17) is 27.9 Å². The van der Waals surface area contributed by atoms with Gasteiger partial charge in [-0.1, -0.05) is 71.7 Å². The van der Waals surface area contributed by atoms with Crippen LogP contribution in [0.4, 0.5) is 4.79 Å². The Morgan fingerprint density at radius 2 is 1.59 bits per heavy atom. The van der Waals surface area contributed by atoms with Gasteiger partial charge in [0, 0.05) is 28.1 Å². The summed E-state index contributed by atoms with van der Waals surface area (Å²) in [6, 6.07) is 19.3. The van der Waals surface area contributed by atoms with E-state index < -0.39 is 18.1 Å². The van der Waals surface area contributed by atoms with E-state index in [1.165, 1.54) is 12.1 Å². The minimum Gasteiger partial charge on any atom is -0.479 e. The average Bonchev–Trinajstić information content (AvgIpc) is 3.11. The van der Waals surface area contributed by atoms with Gasteiger partial charge in [-0.2, -0.15) is 0 Å². The monoisotopic (exact) mass is 469 g/mol. The van der Waals surface area contributed by atoms with Crippen LogP contribution in [0.25, 0.3) is 11.1 Å². The molecule has 0 saturated carbocycles. The highest BCUT2D eigenvalue weighted by Gasteiger charge is 2.35. The van der Waals surface area contributed by atoms with Crippen molar-refractivity contribution >= 4 is 35.3 Å². The largest absolute Gasteiger partial charge is 0.479 e. The zero-order chi connectivity index (χ0) is 22.8. The van der Waals surface area contributed by atoms with Crippen LogP contribution in [-0.2, 0) is 9.53 Å². The molecule has 0 bridgehead atoms. The first kappa shape index (κ1) is 22.2. The Balaban J connectivity index is 1.59. The number of carboxylic acids is 1. The fourth-order valence-corrected chi connectivity index (χ4v) is 4.65. The van der Waals surface area contributed by atoms with E-state index in [0.29, 0.717) is 5.02 Å². The Hall–Kier alpha value is -3.02. The van der Waals surface area contributed by atoms with Gasteiger partial charge < -0.3 is 9.84 Å². The number of rotatable bonds is 6. The van der Waals surface area contributed by atoms with E-state index in [1.54, 1.807) is 13.0 Å². The van der Waals surface area contributed by atoms with Crippen LogP contribution in [0.1, 0.15) is 35.6 Å². The summed E-state index contributed by atoms with van der Waals surface area (Å²) in [4.78, 5) is 26.3. The normalized spacial score (nSPS) is 13.2. The lowest BCUT2D eigenvalue weighted by atomic mass is 9.98. The van der Waals surface area contributed by atoms with Crippen LogP contribution in [0.3, 0.4) is 0 Å². The van der Waals surface area contributed by atoms with Crippen molar-refractivity contribution in [1.82, 2.24) is 4.90 Å². The van der Waals surface area contributed by atoms with Crippen LogP contribution >= 0.6 is 23.2 Å². The first-order valence-electron chi connectivity index (χ1n) is 10.2. The summed E-state index contributed by atoms with van der Waals surface area (Å²) >= 11 is 12.3. The van der Waals surface area contributed by atoms with Crippen molar-refractivity contribution in [1.29, 1.82) is 0 Å². The third kappa shape index (κ3) is 4.06. The van der Waals surface area contributed by atoms with Crippen molar-refractivity contribution in [2.45, 2.75) is 18.9 Å². The van der Waals surface area contributed by atoms with Crippen LogP contribution in [0.5, 0.6) is 0 Å². The van der Waals surface area contributed by atoms with E-state index in [0.717, 1.165) is 27.2 Å². The predicted molar refractivity (Wildman–Crippen MR) is 124 cm³/mol. The summed E-state index contributed by atoms with van der Waals surface area (Å²) in [5.74, 6) is -1.34. The molecule has 0 aromatic heterocycles. The Bertz CT molecular complexity index is 1130. The molecule has 5 nitrogen and oxygen atoms in total.